The van der Waals surface area contributed by atoms with Crippen LogP contribution >= 0.6 is 23.4 Å². The average Bonchev–Trinajstić information content (AvgIpc) is 2.34. The first-order chi connectivity index (χ1) is 8.61. The van der Waals surface area contributed by atoms with E-state index >= 15 is 0 Å². The molecule has 1 rings (SSSR count). The highest BCUT2D eigenvalue weighted by Gasteiger charge is 2.05. The smallest absolute Gasteiger partial charge is 0.306 e. The van der Waals surface area contributed by atoms with Gasteiger partial charge in [0.1, 0.15) is 0 Å². The number of ether oxygens (including phenoxy) is 1. The van der Waals surface area contributed by atoms with Gasteiger partial charge in [-0.3, -0.25) is 9.59 Å². The Bertz CT molecular complexity index is 426. The number of thioether (sulfide) groups is 1. The second kappa shape index (κ2) is 8.00. The van der Waals surface area contributed by atoms with Crippen molar-refractivity contribution in [2.45, 2.75) is 6.42 Å². The molecule has 4 nitrogen and oxygen atoms in total. The lowest BCUT2D eigenvalue weighted by Gasteiger charge is -2.05. The van der Waals surface area contributed by atoms with Crippen LogP contribution in [0.5, 0.6) is 0 Å². The molecular formula is C12H14ClNO3S. The molecule has 0 heterocycles. The zero-order chi connectivity index (χ0) is 13.4. The summed E-state index contributed by atoms with van der Waals surface area (Å²) >= 11 is 7.18. The number of carbonyl (C=O) groups excluding carboxylic acids is 2. The van der Waals surface area contributed by atoms with Gasteiger partial charge >= 0.3 is 5.97 Å². The molecule has 0 saturated heterocycles. The number of carbonyl (C=O) groups is 2. The van der Waals surface area contributed by atoms with E-state index < -0.39 is 0 Å². The fourth-order valence-electron chi connectivity index (χ4n) is 1.19. The fourth-order valence-corrected chi connectivity index (χ4v) is 2.09. The third-order valence-electron chi connectivity index (χ3n) is 2.02. The monoisotopic (exact) mass is 287 g/mol. The van der Waals surface area contributed by atoms with E-state index in [4.69, 9.17) is 11.6 Å². The van der Waals surface area contributed by atoms with Gasteiger partial charge in [0.15, 0.2) is 0 Å². The van der Waals surface area contributed by atoms with Crippen molar-refractivity contribution in [2.75, 3.05) is 23.9 Å². The highest BCUT2D eigenvalue weighted by Crippen LogP contribution is 2.15. The third kappa shape index (κ3) is 5.93. The van der Waals surface area contributed by atoms with Crippen molar-refractivity contribution >= 4 is 40.9 Å². The molecule has 0 atom stereocenters. The maximum Gasteiger partial charge on any atom is 0.306 e. The molecular weight excluding hydrogens is 274 g/mol. The average molecular weight is 288 g/mol. The molecule has 6 heteroatoms. The van der Waals surface area contributed by atoms with Crippen LogP contribution in [0.4, 0.5) is 5.69 Å². The zero-order valence-corrected chi connectivity index (χ0v) is 11.5. The summed E-state index contributed by atoms with van der Waals surface area (Å²) in [5.74, 6) is 0.476. The first kappa shape index (κ1) is 14.9. The molecule has 1 aromatic rings. The van der Waals surface area contributed by atoms with Gasteiger partial charge in [-0.05, 0) is 18.2 Å². The van der Waals surface area contributed by atoms with Crippen LogP contribution in [0.1, 0.15) is 6.42 Å². The third-order valence-corrected chi connectivity index (χ3v) is 3.21. The Kier molecular flexibility index (Phi) is 6.60. The summed E-state index contributed by atoms with van der Waals surface area (Å²) in [5.41, 5.74) is 0.668. The standard InChI is InChI=1S/C12H14ClNO3S/c1-17-12(16)5-6-18-8-11(15)14-10-4-2-3-9(13)7-10/h2-4,7H,5-6,8H2,1H3,(H,14,15). The van der Waals surface area contributed by atoms with Crippen LogP contribution in [0, 0.1) is 0 Å². The van der Waals surface area contributed by atoms with Crippen LogP contribution in [0.15, 0.2) is 24.3 Å². The summed E-state index contributed by atoms with van der Waals surface area (Å²) in [6, 6.07) is 6.95. The molecule has 0 spiro atoms. The maximum atomic E-state index is 11.5. The van der Waals surface area contributed by atoms with Gasteiger partial charge in [-0.1, -0.05) is 17.7 Å². The number of hydrogen-bond donors (Lipinski definition) is 1. The van der Waals surface area contributed by atoms with E-state index in [1.54, 1.807) is 24.3 Å². The summed E-state index contributed by atoms with van der Waals surface area (Å²) < 4.78 is 4.50. The van der Waals surface area contributed by atoms with Crippen LogP contribution in [-0.2, 0) is 14.3 Å². The first-order valence-corrected chi connectivity index (χ1v) is 6.85. The largest absolute Gasteiger partial charge is 0.469 e. The van der Waals surface area contributed by atoms with Gasteiger partial charge in [0.2, 0.25) is 5.91 Å². The van der Waals surface area contributed by atoms with E-state index in [0.717, 1.165) is 0 Å². The summed E-state index contributed by atoms with van der Waals surface area (Å²) in [6.07, 6.45) is 0.311. The van der Waals surface area contributed by atoms with Gasteiger partial charge in [-0.15, -0.1) is 0 Å². The highest BCUT2D eigenvalue weighted by atomic mass is 35.5. The molecule has 98 valence electrons. The number of benzene rings is 1. The number of amides is 1. The van der Waals surface area contributed by atoms with E-state index in [-0.39, 0.29) is 11.9 Å². The van der Waals surface area contributed by atoms with Gasteiger partial charge in [0.05, 0.1) is 19.3 Å². The Hall–Kier alpha value is -1.20. The number of anilines is 1. The minimum absolute atomic E-state index is 0.118. The van der Waals surface area contributed by atoms with E-state index in [1.165, 1.54) is 18.9 Å². The van der Waals surface area contributed by atoms with Crippen molar-refractivity contribution in [3.8, 4) is 0 Å². The quantitative estimate of drug-likeness (QED) is 0.645. The normalized spacial score (nSPS) is 9.89. The molecule has 0 unspecified atom stereocenters. The minimum Gasteiger partial charge on any atom is -0.469 e. The second-order valence-electron chi connectivity index (χ2n) is 3.44. The number of nitrogens with one attached hydrogen (secondary N) is 1. The van der Waals surface area contributed by atoms with Crippen LogP contribution in [-0.4, -0.2) is 30.5 Å². The van der Waals surface area contributed by atoms with Crippen molar-refractivity contribution in [3.63, 3.8) is 0 Å². The molecule has 0 fully saturated rings. The Labute approximate surface area is 115 Å². The molecule has 0 radical (unpaired) electrons. The Balaban J connectivity index is 2.24. The lowest BCUT2D eigenvalue weighted by atomic mass is 10.3. The van der Waals surface area contributed by atoms with Gasteiger partial charge in [-0.2, -0.15) is 11.8 Å². The predicted octanol–water partition coefficient (Wildman–Crippen LogP) is 2.57. The number of methoxy groups -OCH3 is 1. The van der Waals surface area contributed by atoms with Crippen LogP contribution < -0.4 is 5.32 Å². The van der Waals surface area contributed by atoms with E-state index in [2.05, 4.69) is 10.1 Å². The van der Waals surface area contributed by atoms with Crippen LogP contribution in [0.2, 0.25) is 5.02 Å². The van der Waals surface area contributed by atoms with Crippen molar-refractivity contribution in [3.05, 3.63) is 29.3 Å². The van der Waals surface area contributed by atoms with E-state index in [9.17, 15) is 9.59 Å². The molecule has 0 aliphatic rings. The number of hydrogen-bond acceptors (Lipinski definition) is 4. The maximum absolute atomic E-state index is 11.5. The molecule has 0 saturated carbocycles. The Morgan fingerprint density at radius 1 is 1.44 bits per heavy atom. The van der Waals surface area contributed by atoms with Gasteiger partial charge in [-0.25, -0.2) is 0 Å². The summed E-state index contributed by atoms with van der Waals surface area (Å²) in [5, 5.41) is 3.30. The first-order valence-electron chi connectivity index (χ1n) is 5.32. The van der Waals surface area contributed by atoms with Gasteiger partial charge in [0.25, 0.3) is 0 Å². The number of esters is 1. The van der Waals surface area contributed by atoms with Crippen molar-refractivity contribution < 1.29 is 14.3 Å². The van der Waals surface area contributed by atoms with E-state index in [1.807, 2.05) is 0 Å². The van der Waals surface area contributed by atoms with Crippen LogP contribution in [0.3, 0.4) is 0 Å². The molecule has 1 N–H and O–H groups in total. The Morgan fingerprint density at radius 2 is 2.22 bits per heavy atom. The predicted molar refractivity (Wildman–Crippen MR) is 74.0 cm³/mol. The number of rotatable bonds is 6. The van der Waals surface area contributed by atoms with Crippen molar-refractivity contribution in [1.29, 1.82) is 0 Å². The van der Waals surface area contributed by atoms with E-state index in [0.29, 0.717) is 28.6 Å². The SMILES string of the molecule is COC(=O)CCSCC(=O)Nc1cccc(Cl)c1. The molecule has 1 aromatic carbocycles. The fraction of sp³-hybridized carbons (Fsp3) is 0.333. The second-order valence-corrected chi connectivity index (χ2v) is 4.98. The minimum atomic E-state index is -0.266. The molecule has 0 aliphatic heterocycles. The molecule has 0 aromatic heterocycles. The summed E-state index contributed by atoms with van der Waals surface area (Å²) in [6.45, 7) is 0. The van der Waals surface area contributed by atoms with Gasteiger partial charge < -0.3 is 10.1 Å². The molecule has 0 bridgehead atoms. The topological polar surface area (TPSA) is 55.4 Å². The van der Waals surface area contributed by atoms with Crippen molar-refractivity contribution in [1.82, 2.24) is 0 Å². The summed E-state index contributed by atoms with van der Waals surface area (Å²) in [4.78, 5) is 22.4. The molecule has 18 heavy (non-hydrogen) atoms. The summed E-state index contributed by atoms with van der Waals surface area (Å²) in [7, 11) is 1.35. The molecule has 0 aliphatic carbocycles. The Morgan fingerprint density at radius 3 is 2.89 bits per heavy atom. The van der Waals surface area contributed by atoms with Crippen molar-refractivity contribution in [2.24, 2.45) is 0 Å². The lowest BCUT2D eigenvalue weighted by molar-refractivity contribution is -0.140. The van der Waals surface area contributed by atoms with Gasteiger partial charge in [0, 0.05) is 16.5 Å². The van der Waals surface area contributed by atoms with Crippen LogP contribution in [0.25, 0.3) is 0 Å². The lowest BCUT2D eigenvalue weighted by Crippen LogP contribution is -2.14. The zero-order valence-electron chi connectivity index (χ0n) is 9.94. The number of halogens is 1. The molecule has 1 amide bonds. The highest BCUT2D eigenvalue weighted by molar-refractivity contribution is 7.99.